The molecule has 0 saturated heterocycles. The Labute approximate surface area is 121 Å². The molecular formula is C13H19BrN2OS. The van der Waals surface area contributed by atoms with Gasteiger partial charge in [-0.2, -0.15) is 0 Å². The molecule has 0 aromatic carbocycles. The molecule has 5 heteroatoms. The van der Waals surface area contributed by atoms with Crippen molar-refractivity contribution in [2.45, 2.75) is 39.3 Å². The summed E-state index contributed by atoms with van der Waals surface area (Å²) in [5, 5.41) is 2.01. The van der Waals surface area contributed by atoms with E-state index < -0.39 is 0 Å². The Bertz CT molecular complexity index is 444. The van der Waals surface area contributed by atoms with Crippen molar-refractivity contribution >= 4 is 27.3 Å². The number of rotatable bonds is 4. The van der Waals surface area contributed by atoms with Crippen molar-refractivity contribution in [3.05, 3.63) is 32.8 Å². The fourth-order valence-electron chi connectivity index (χ4n) is 2.28. The highest BCUT2D eigenvalue weighted by atomic mass is 79.9. The average Bonchev–Trinajstić information content (AvgIpc) is 2.83. The molecule has 1 aliphatic heterocycles. The van der Waals surface area contributed by atoms with Crippen LogP contribution in [-0.4, -0.2) is 11.1 Å². The monoisotopic (exact) mass is 330 g/mol. The summed E-state index contributed by atoms with van der Waals surface area (Å²) in [6.45, 7) is 6.63. The van der Waals surface area contributed by atoms with Crippen LogP contribution in [-0.2, 0) is 4.84 Å². The van der Waals surface area contributed by atoms with Gasteiger partial charge in [-0.3, -0.25) is 0 Å². The van der Waals surface area contributed by atoms with Crippen LogP contribution in [0, 0.1) is 5.92 Å². The molecule has 18 heavy (non-hydrogen) atoms. The first-order valence-electron chi connectivity index (χ1n) is 6.16. The molecule has 0 aliphatic carbocycles. The van der Waals surface area contributed by atoms with E-state index in [4.69, 9.17) is 10.6 Å². The second-order valence-electron chi connectivity index (χ2n) is 5.09. The molecule has 0 fully saturated rings. The number of halogens is 1. The van der Waals surface area contributed by atoms with Crippen molar-refractivity contribution in [2.75, 3.05) is 0 Å². The summed E-state index contributed by atoms with van der Waals surface area (Å²) >= 11 is 5.22. The zero-order valence-electron chi connectivity index (χ0n) is 10.9. The Morgan fingerprint density at radius 3 is 2.72 bits per heavy atom. The van der Waals surface area contributed by atoms with Gasteiger partial charge < -0.3 is 10.6 Å². The number of nitrogens with zero attached hydrogens (tertiary/aromatic N) is 1. The lowest BCUT2D eigenvalue weighted by atomic mass is 10.0. The predicted octanol–water partition coefficient (Wildman–Crippen LogP) is 4.03. The molecule has 1 aromatic rings. The van der Waals surface area contributed by atoms with Crippen LogP contribution in [0.3, 0.4) is 0 Å². The molecule has 2 rings (SSSR count). The lowest BCUT2D eigenvalue weighted by Crippen LogP contribution is -2.33. The van der Waals surface area contributed by atoms with Crippen LogP contribution >= 0.6 is 27.3 Å². The quantitative estimate of drug-likeness (QED) is 0.905. The number of hydrogen-bond donors (Lipinski definition) is 1. The van der Waals surface area contributed by atoms with E-state index in [-0.39, 0.29) is 6.04 Å². The van der Waals surface area contributed by atoms with E-state index in [0.29, 0.717) is 17.8 Å². The molecule has 0 radical (unpaired) electrons. The van der Waals surface area contributed by atoms with Crippen LogP contribution in [0.5, 0.6) is 0 Å². The van der Waals surface area contributed by atoms with E-state index in [1.54, 1.807) is 11.3 Å². The van der Waals surface area contributed by atoms with Gasteiger partial charge in [-0.1, -0.05) is 13.8 Å². The van der Waals surface area contributed by atoms with Gasteiger partial charge in [0, 0.05) is 17.0 Å². The highest BCUT2D eigenvalue weighted by molar-refractivity contribution is 9.11. The molecule has 3 nitrogen and oxygen atoms in total. The van der Waals surface area contributed by atoms with E-state index in [1.807, 2.05) is 11.1 Å². The van der Waals surface area contributed by atoms with Gasteiger partial charge in [-0.15, -0.1) is 16.4 Å². The van der Waals surface area contributed by atoms with Crippen LogP contribution in [0.1, 0.15) is 38.1 Å². The maximum Gasteiger partial charge on any atom is 0.207 e. The van der Waals surface area contributed by atoms with Gasteiger partial charge in [0.05, 0.1) is 3.79 Å². The molecule has 0 spiro atoms. The van der Waals surface area contributed by atoms with Crippen LogP contribution in [0.2, 0.25) is 0 Å². The molecule has 2 unspecified atom stereocenters. The standard InChI is InChI=1S/C13H19BrN2OS/c1-8(2)6-9(3)16-10(7-13(15)17-16)11-4-5-12(14)18-11/h4-5,7-10H,6,15H2,1-3H3. The summed E-state index contributed by atoms with van der Waals surface area (Å²) in [7, 11) is 0. The predicted molar refractivity (Wildman–Crippen MR) is 78.9 cm³/mol. The molecular weight excluding hydrogens is 312 g/mol. The van der Waals surface area contributed by atoms with Gasteiger partial charge in [0.2, 0.25) is 5.88 Å². The minimum atomic E-state index is 0.134. The maximum atomic E-state index is 5.82. The fraction of sp³-hybridized carbons (Fsp3) is 0.538. The minimum Gasteiger partial charge on any atom is -0.387 e. The summed E-state index contributed by atoms with van der Waals surface area (Å²) in [5.41, 5.74) is 5.82. The fourth-order valence-corrected chi connectivity index (χ4v) is 3.77. The summed E-state index contributed by atoms with van der Waals surface area (Å²) in [5.74, 6) is 1.14. The maximum absolute atomic E-state index is 5.82. The van der Waals surface area contributed by atoms with Crippen LogP contribution in [0.4, 0.5) is 0 Å². The van der Waals surface area contributed by atoms with Crippen LogP contribution < -0.4 is 5.73 Å². The number of hydrogen-bond acceptors (Lipinski definition) is 4. The van der Waals surface area contributed by atoms with Gasteiger partial charge in [-0.05, 0) is 47.3 Å². The smallest absolute Gasteiger partial charge is 0.207 e. The second kappa shape index (κ2) is 5.63. The topological polar surface area (TPSA) is 38.5 Å². The SMILES string of the molecule is CC(C)CC(C)N1OC(N)=CC1c1ccc(Br)s1. The van der Waals surface area contributed by atoms with E-state index in [9.17, 15) is 0 Å². The zero-order valence-corrected chi connectivity index (χ0v) is 13.3. The van der Waals surface area contributed by atoms with Crippen molar-refractivity contribution in [2.24, 2.45) is 11.7 Å². The molecule has 0 bridgehead atoms. The highest BCUT2D eigenvalue weighted by Crippen LogP contribution is 2.37. The molecule has 2 atom stereocenters. The first-order chi connectivity index (χ1) is 8.47. The van der Waals surface area contributed by atoms with Crippen molar-refractivity contribution in [3.8, 4) is 0 Å². The van der Waals surface area contributed by atoms with E-state index in [0.717, 1.165) is 10.2 Å². The Kier molecular flexibility index (Phi) is 4.35. The number of nitrogens with two attached hydrogens (primary N) is 1. The first-order valence-corrected chi connectivity index (χ1v) is 7.77. The number of hydroxylamine groups is 2. The molecule has 1 aromatic heterocycles. The molecule has 100 valence electrons. The molecule has 2 heterocycles. The van der Waals surface area contributed by atoms with Crippen molar-refractivity contribution in [3.63, 3.8) is 0 Å². The third-order valence-electron chi connectivity index (χ3n) is 2.94. The molecule has 0 saturated carbocycles. The summed E-state index contributed by atoms with van der Waals surface area (Å²) in [6, 6.07) is 4.66. The lowest BCUT2D eigenvalue weighted by Gasteiger charge is -2.29. The molecule has 1 aliphatic rings. The van der Waals surface area contributed by atoms with Crippen molar-refractivity contribution < 1.29 is 4.84 Å². The second-order valence-corrected chi connectivity index (χ2v) is 7.58. The third kappa shape index (κ3) is 3.08. The van der Waals surface area contributed by atoms with Gasteiger partial charge in [-0.25, -0.2) is 0 Å². The largest absolute Gasteiger partial charge is 0.387 e. The van der Waals surface area contributed by atoms with Gasteiger partial charge in [0.1, 0.15) is 6.04 Å². The Hall–Kier alpha value is -0.520. The van der Waals surface area contributed by atoms with Crippen molar-refractivity contribution in [1.29, 1.82) is 0 Å². The Morgan fingerprint density at radius 2 is 2.17 bits per heavy atom. The van der Waals surface area contributed by atoms with E-state index in [1.165, 1.54) is 4.88 Å². The van der Waals surface area contributed by atoms with Gasteiger partial charge in [0.15, 0.2) is 0 Å². The average molecular weight is 331 g/mol. The summed E-state index contributed by atoms with van der Waals surface area (Å²) in [6.07, 6.45) is 3.07. The number of thiophene rings is 1. The van der Waals surface area contributed by atoms with E-state index in [2.05, 4.69) is 48.8 Å². The van der Waals surface area contributed by atoms with Crippen LogP contribution in [0.25, 0.3) is 0 Å². The summed E-state index contributed by atoms with van der Waals surface area (Å²) < 4.78 is 1.13. The highest BCUT2D eigenvalue weighted by Gasteiger charge is 2.32. The third-order valence-corrected chi connectivity index (χ3v) is 4.63. The van der Waals surface area contributed by atoms with Crippen molar-refractivity contribution in [1.82, 2.24) is 5.06 Å². The molecule has 0 amide bonds. The van der Waals surface area contributed by atoms with Crippen LogP contribution in [0.15, 0.2) is 27.9 Å². The summed E-state index contributed by atoms with van der Waals surface area (Å²) in [4.78, 5) is 6.91. The van der Waals surface area contributed by atoms with E-state index >= 15 is 0 Å². The first kappa shape index (κ1) is 13.9. The Balaban J connectivity index is 2.16. The Morgan fingerprint density at radius 1 is 1.44 bits per heavy atom. The van der Waals surface area contributed by atoms with Gasteiger partial charge >= 0.3 is 0 Å². The zero-order chi connectivity index (χ0) is 13.3. The lowest BCUT2D eigenvalue weighted by molar-refractivity contribution is -0.150. The normalized spacial score (nSPS) is 22.1. The molecule has 2 N–H and O–H groups in total. The van der Waals surface area contributed by atoms with Gasteiger partial charge in [0.25, 0.3) is 0 Å². The minimum absolute atomic E-state index is 0.134.